The third-order valence-corrected chi connectivity index (χ3v) is 3.62. The van der Waals surface area contributed by atoms with Crippen molar-refractivity contribution in [3.63, 3.8) is 0 Å². The predicted molar refractivity (Wildman–Crippen MR) is 71.9 cm³/mol. The minimum Gasteiger partial charge on any atom is -0.359 e. The van der Waals surface area contributed by atoms with Gasteiger partial charge in [0, 0.05) is 26.1 Å². The van der Waals surface area contributed by atoms with E-state index in [9.17, 15) is 4.79 Å². The molecule has 1 saturated carbocycles. The molecule has 0 aromatic heterocycles. The van der Waals surface area contributed by atoms with Gasteiger partial charge < -0.3 is 10.6 Å². The van der Waals surface area contributed by atoms with Gasteiger partial charge in [0.15, 0.2) is 0 Å². The van der Waals surface area contributed by atoms with Crippen molar-refractivity contribution in [2.75, 3.05) is 13.6 Å². The van der Waals surface area contributed by atoms with Crippen LogP contribution in [0.25, 0.3) is 0 Å². The van der Waals surface area contributed by atoms with Gasteiger partial charge in [0.2, 0.25) is 5.91 Å². The lowest BCUT2D eigenvalue weighted by atomic mass is 9.63. The van der Waals surface area contributed by atoms with Crippen molar-refractivity contribution in [1.82, 2.24) is 10.6 Å². The third-order valence-electron chi connectivity index (χ3n) is 3.62. The van der Waals surface area contributed by atoms with Crippen LogP contribution in [0.4, 0.5) is 0 Å². The fourth-order valence-corrected chi connectivity index (χ4v) is 3.51. The number of hydrogen-bond acceptors (Lipinski definition) is 2. The molecule has 3 heteroatoms. The Bertz CT molecular complexity index is 255. The molecule has 0 radical (unpaired) electrons. The lowest BCUT2D eigenvalue weighted by Gasteiger charge is -2.45. The number of carbonyl (C=O) groups is 1. The average Bonchev–Trinajstić information content (AvgIpc) is 2.12. The van der Waals surface area contributed by atoms with Crippen molar-refractivity contribution in [2.45, 2.75) is 59.4 Å². The zero-order valence-electron chi connectivity index (χ0n) is 12.0. The Labute approximate surface area is 106 Å². The summed E-state index contributed by atoms with van der Waals surface area (Å²) in [5.41, 5.74) is 0.818. The fourth-order valence-electron chi connectivity index (χ4n) is 3.51. The summed E-state index contributed by atoms with van der Waals surface area (Å²) < 4.78 is 0. The van der Waals surface area contributed by atoms with E-state index in [2.05, 4.69) is 38.3 Å². The van der Waals surface area contributed by atoms with Gasteiger partial charge in [-0.1, -0.05) is 27.7 Å². The first-order chi connectivity index (χ1) is 7.74. The Hall–Kier alpha value is -0.570. The number of nitrogens with one attached hydrogen (secondary N) is 2. The number of carbonyl (C=O) groups excluding carboxylic acids is 1. The molecule has 1 aliphatic carbocycles. The SMILES string of the molecule is CNC(=O)CCNC1CC(C)(C)CC(C)(C)C1. The summed E-state index contributed by atoms with van der Waals surface area (Å²) in [5.74, 6) is 0.117. The molecule has 2 N–H and O–H groups in total. The first-order valence-electron chi connectivity index (χ1n) is 6.68. The minimum atomic E-state index is 0.117. The fraction of sp³-hybridized carbons (Fsp3) is 0.929. The first-order valence-corrected chi connectivity index (χ1v) is 6.68. The molecule has 1 fully saturated rings. The van der Waals surface area contributed by atoms with Crippen LogP contribution in [-0.2, 0) is 4.79 Å². The van der Waals surface area contributed by atoms with E-state index in [0.717, 1.165) is 6.54 Å². The van der Waals surface area contributed by atoms with Crippen LogP contribution in [0.2, 0.25) is 0 Å². The molecule has 3 nitrogen and oxygen atoms in total. The summed E-state index contributed by atoms with van der Waals surface area (Å²) in [4.78, 5) is 11.2. The van der Waals surface area contributed by atoms with Crippen molar-refractivity contribution >= 4 is 5.91 Å². The van der Waals surface area contributed by atoms with Gasteiger partial charge in [0.25, 0.3) is 0 Å². The van der Waals surface area contributed by atoms with Gasteiger partial charge in [-0.15, -0.1) is 0 Å². The maximum absolute atomic E-state index is 11.2. The molecule has 0 unspecified atom stereocenters. The molecule has 100 valence electrons. The highest BCUT2D eigenvalue weighted by Gasteiger charge is 2.37. The zero-order valence-corrected chi connectivity index (χ0v) is 12.0. The highest BCUT2D eigenvalue weighted by atomic mass is 16.1. The molecular formula is C14H28N2O. The van der Waals surface area contributed by atoms with Gasteiger partial charge in [-0.05, 0) is 30.1 Å². The summed E-state index contributed by atoms with van der Waals surface area (Å²) in [6.45, 7) is 10.2. The Morgan fingerprint density at radius 1 is 1.18 bits per heavy atom. The summed E-state index contributed by atoms with van der Waals surface area (Å²) in [7, 11) is 1.69. The topological polar surface area (TPSA) is 41.1 Å². The largest absolute Gasteiger partial charge is 0.359 e. The quantitative estimate of drug-likeness (QED) is 0.792. The second-order valence-corrected chi connectivity index (χ2v) is 6.99. The molecule has 17 heavy (non-hydrogen) atoms. The Morgan fingerprint density at radius 2 is 1.71 bits per heavy atom. The van der Waals surface area contributed by atoms with Crippen LogP contribution in [0.3, 0.4) is 0 Å². The van der Waals surface area contributed by atoms with Crippen LogP contribution in [0.1, 0.15) is 53.4 Å². The molecule has 1 amide bonds. The molecule has 0 aromatic carbocycles. The normalized spacial score (nSPS) is 23.4. The molecule has 0 aliphatic heterocycles. The third kappa shape index (κ3) is 5.07. The van der Waals surface area contributed by atoms with E-state index in [0.29, 0.717) is 23.3 Å². The zero-order chi connectivity index (χ0) is 13.1. The van der Waals surface area contributed by atoms with Gasteiger partial charge in [0.1, 0.15) is 0 Å². The number of hydrogen-bond donors (Lipinski definition) is 2. The van der Waals surface area contributed by atoms with Gasteiger partial charge in [-0.2, -0.15) is 0 Å². The molecule has 0 bridgehead atoms. The summed E-state index contributed by atoms with van der Waals surface area (Å²) in [5, 5.41) is 6.19. The Morgan fingerprint density at radius 3 is 2.18 bits per heavy atom. The van der Waals surface area contributed by atoms with Crippen molar-refractivity contribution in [1.29, 1.82) is 0 Å². The lowest BCUT2D eigenvalue weighted by molar-refractivity contribution is -0.120. The Kier molecular flexibility index (Phi) is 4.59. The summed E-state index contributed by atoms with van der Waals surface area (Å²) >= 11 is 0. The van der Waals surface area contributed by atoms with Crippen LogP contribution < -0.4 is 10.6 Å². The molecule has 0 spiro atoms. The van der Waals surface area contributed by atoms with E-state index in [1.807, 2.05) is 0 Å². The van der Waals surface area contributed by atoms with E-state index in [1.54, 1.807) is 7.05 Å². The monoisotopic (exact) mass is 240 g/mol. The number of rotatable bonds is 4. The molecule has 0 saturated heterocycles. The van der Waals surface area contributed by atoms with Crippen molar-refractivity contribution < 1.29 is 4.79 Å². The lowest BCUT2D eigenvalue weighted by Crippen LogP contribution is -2.44. The van der Waals surface area contributed by atoms with Gasteiger partial charge in [-0.3, -0.25) is 4.79 Å². The smallest absolute Gasteiger partial charge is 0.221 e. The molecule has 1 rings (SSSR count). The Balaban J connectivity index is 2.40. The van der Waals surface area contributed by atoms with E-state index in [-0.39, 0.29) is 5.91 Å². The maximum Gasteiger partial charge on any atom is 0.221 e. The van der Waals surface area contributed by atoms with Crippen LogP contribution in [0.15, 0.2) is 0 Å². The van der Waals surface area contributed by atoms with E-state index in [1.165, 1.54) is 19.3 Å². The second kappa shape index (κ2) is 5.38. The molecule has 0 atom stereocenters. The second-order valence-electron chi connectivity index (χ2n) is 6.99. The van der Waals surface area contributed by atoms with Crippen molar-refractivity contribution in [3.8, 4) is 0 Å². The highest BCUT2D eigenvalue weighted by Crippen LogP contribution is 2.45. The molecule has 1 aliphatic rings. The predicted octanol–water partition coefficient (Wildman–Crippen LogP) is 2.32. The first kappa shape index (κ1) is 14.5. The summed E-state index contributed by atoms with van der Waals surface area (Å²) in [6, 6.07) is 0.554. The molecule has 0 aromatic rings. The highest BCUT2D eigenvalue weighted by molar-refractivity contribution is 5.75. The van der Waals surface area contributed by atoms with Gasteiger partial charge >= 0.3 is 0 Å². The van der Waals surface area contributed by atoms with Crippen molar-refractivity contribution in [3.05, 3.63) is 0 Å². The average molecular weight is 240 g/mol. The molecular weight excluding hydrogens is 212 g/mol. The molecule has 0 heterocycles. The van der Waals surface area contributed by atoms with Crippen LogP contribution in [0.5, 0.6) is 0 Å². The van der Waals surface area contributed by atoms with Crippen molar-refractivity contribution in [2.24, 2.45) is 10.8 Å². The van der Waals surface area contributed by atoms with Crippen LogP contribution >= 0.6 is 0 Å². The maximum atomic E-state index is 11.2. The van der Waals surface area contributed by atoms with E-state index in [4.69, 9.17) is 0 Å². The van der Waals surface area contributed by atoms with E-state index >= 15 is 0 Å². The van der Waals surface area contributed by atoms with Crippen LogP contribution in [-0.4, -0.2) is 25.5 Å². The van der Waals surface area contributed by atoms with Gasteiger partial charge in [0.05, 0.1) is 0 Å². The van der Waals surface area contributed by atoms with Crippen LogP contribution in [0, 0.1) is 10.8 Å². The van der Waals surface area contributed by atoms with Gasteiger partial charge in [-0.25, -0.2) is 0 Å². The summed E-state index contributed by atoms with van der Waals surface area (Å²) in [6.07, 6.45) is 4.29. The minimum absolute atomic E-state index is 0.117. The van der Waals surface area contributed by atoms with E-state index < -0.39 is 0 Å². The standard InChI is InChI=1S/C14H28N2O/c1-13(2)8-11(9-14(3,4)10-13)16-7-6-12(17)15-5/h11,16H,6-10H2,1-5H3,(H,15,17). The number of amides is 1.